The summed E-state index contributed by atoms with van der Waals surface area (Å²) in [6, 6.07) is 6.79. The number of hydrogen-bond donors (Lipinski definition) is 1. The highest BCUT2D eigenvalue weighted by Gasteiger charge is 2.39. The van der Waals surface area contributed by atoms with E-state index in [-0.39, 0.29) is 0 Å². The number of nitrogens with zero attached hydrogens (tertiary/aromatic N) is 4. The van der Waals surface area contributed by atoms with Crippen LogP contribution in [0.25, 0.3) is 11.1 Å². The fraction of sp³-hybridized carbons (Fsp3) is 0.448. The first-order chi connectivity index (χ1) is 19.3. The van der Waals surface area contributed by atoms with Crippen LogP contribution in [0.2, 0.25) is 5.02 Å². The van der Waals surface area contributed by atoms with Crippen LogP contribution in [0.4, 0.5) is 18.0 Å². The molecule has 8 nitrogen and oxygen atoms in total. The molecule has 3 heterocycles. The van der Waals surface area contributed by atoms with Crippen LogP contribution in [-0.4, -0.2) is 49.9 Å². The Hall–Kier alpha value is -3.60. The maximum atomic E-state index is 13.5. The lowest BCUT2D eigenvalue weighted by molar-refractivity contribution is -0.137. The third-order valence-corrected chi connectivity index (χ3v) is 7.18. The quantitative estimate of drug-likeness (QED) is 0.337. The molecule has 220 valence electrons. The number of aromatic nitrogens is 3. The first-order valence-electron chi connectivity index (χ1n) is 13.4. The standard InChI is InChI=1S/C29H33ClF3N5O3/c1-5-37-17-20(16-35-37)18-9-8-10-19(15-18)24(22-11-6-7-14-38(22)27(40)41-28(2,3)4)36-26(39)25-23(30)21(12-13-34-25)29(31,32)33/h8-10,12-13,15-17,22,24H,5-7,11,14H2,1-4H3,(H,36,39)/t22-,24-/m0/s1. The van der Waals surface area contributed by atoms with Crippen LogP contribution in [0.3, 0.4) is 0 Å². The summed E-state index contributed by atoms with van der Waals surface area (Å²) in [5.41, 5.74) is -0.105. The van der Waals surface area contributed by atoms with E-state index in [1.54, 1.807) is 36.5 Å². The smallest absolute Gasteiger partial charge is 0.417 e. The van der Waals surface area contributed by atoms with Crippen LogP contribution < -0.4 is 5.32 Å². The molecule has 12 heteroatoms. The number of aryl methyl sites for hydroxylation is 1. The van der Waals surface area contributed by atoms with E-state index in [1.165, 1.54) is 0 Å². The molecule has 4 rings (SSSR count). The maximum absolute atomic E-state index is 13.5. The third kappa shape index (κ3) is 7.19. The molecular formula is C29H33ClF3N5O3. The summed E-state index contributed by atoms with van der Waals surface area (Å²) < 4.78 is 48.0. The van der Waals surface area contributed by atoms with E-state index in [9.17, 15) is 22.8 Å². The number of carbonyl (C=O) groups excluding carboxylic acids is 2. The van der Waals surface area contributed by atoms with Crippen molar-refractivity contribution in [2.45, 2.75) is 77.4 Å². The number of amides is 2. The number of pyridine rings is 1. The van der Waals surface area contributed by atoms with Gasteiger partial charge in [-0.15, -0.1) is 0 Å². The summed E-state index contributed by atoms with van der Waals surface area (Å²) in [6.07, 6.45) is 1.29. The molecule has 2 atom stereocenters. The highest BCUT2D eigenvalue weighted by atomic mass is 35.5. The van der Waals surface area contributed by atoms with Crippen LogP contribution >= 0.6 is 11.6 Å². The Morgan fingerprint density at radius 2 is 1.93 bits per heavy atom. The van der Waals surface area contributed by atoms with E-state index >= 15 is 0 Å². The number of piperidine rings is 1. The second-order valence-corrected chi connectivity index (χ2v) is 11.3. The number of ether oxygens (including phenoxy) is 1. The normalized spacial score (nSPS) is 16.8. The minimum absolute atomic E-state index is 0.400. The van der Waals surface area contributed by atoms with Crippen molar-refractivity contribution in [2.24, 2.45) is 0 Å². The van der Waals surface area contributed by atoms with Gasteiger partial charge in [-0.05, 0) is 70.2 Å². The van der Waals surface area contributed by atoms with Gasteiger partial charge in [0, 0.05) is 31.0 Å². The van der Waals surface area contributed by atoms with E-state index in [2.05, 4.69) is 15.4 Å². The first-order valence-corrected chi connectivity index (χ1v) is 13.8. The largest absolute Gasteiger partial charge is 0.444 e. The van der Waals surface area contributed by atoms with Crippen LogP contribution in [0, 0.1) is 0 Å². The molecule has 41 heavy (non-hydrogen) atoms. The summed E-state index contributed by atoms with van der Waals surface area (Å²) in [7, 11) is 0. The van der Waals surface area contributed by atoms with Gasteiger partial charge in [-0.2, -0.15) is 18.3 Å². The molecular weight excluding hydrogens is 559 g/mol. The molecule has 0 radical (unpaired) electrons. The molecule has 1 N–H and O–H groups in total. The van der Waals surface area contributed by atoms with E-state index in [0.717, 1.165) is 36.2 Å². The second-order valence-electron chi connectivity index (χ2n) is 10.9. The number of rotatable bonds is 6. The third-order valence-electron chi connectivity index (χ3n) is 6.79. The lowest BCUT2D eigenvalue weighted by Crippen LogP contribution is -2.52. The number of carbonyl (C=O) groups is 2. The van der Waals surface area contributed by atoms with Crippen molar-refractivity contribution in [3.8, 4) is 11.1 Å². The molecule has 2 amide bonds. The monoisotopic (exact) mass is 591 g/mol. The Morgan fingerprint density at radius 1 is 1.17 bits per heavy atom. The Labute approximate surface area is 241 Å². The minimum Gasteiger partial charge on any atom is -0.444 e. The van der Waals surface area contributed by atoms with Crippen molar-refractivity contribution in [1.82, 2.24) is 25.0 Å². The van der Waals surface area contributed by atoms with Crippen LogP contribution in [-0.2, 0) is 17.5 Å². The Balaban J connectivity index is 1.76. The second kappa shape index (κ2) is 12.1. The topological polar surface area (TPSA) is 89.4 Å². The zero-order valence-corrected chi connectivity index (χ0v) is 24.1. The van der Waals surface area contributed by atoms with Crippen molar-refractivity contribution in [2.75, 3.05) is 6.54 Å². The lowest BCUT2D eigenvalue weighted by atomic mass is 9.89. The molecule has 1 aromatic carbocycles. The Kier molecular flexibility index (Phi) is 8.96. The molecule has 1 fully saturated rings. The van der Waals surface area contributed by atoms with Crippen molar-refractivity contribution in [1.29, 1.82) is 0 Å². The fourth-order valence-corrected chi connectivity index (χ4v) is 5.19. The van der Waals surface area contributed by atoms with Crippen molar-refractivity contribution >= 4 is 23.6 Å². The number of alkyl halides is 3. The van der Waals surface area contributed by atoms with E-state index in [1.807, 2.05) is 37.4 Å². The van der Waals surface area contributed by atoms with Crippen LogP contribution in [0.1, 0.15) is 74.6 Å². The number of nitrogens with one attached hydrogen (secondary N) is 1. The first kappa shape index (κ1) is 30.4. The molecule has 0 unspecified atom stereocenters. The van der Waals surface area contributed by atoms with Gasteiger partial charge in [-0.25, -0.2) is 9.78 Å². The average molecular weight is 592 g/mol. The molecule has 2 aromatic heterocycles. The van der Waals surface area contributed by atoms with Gasteiger partial charge in [0.25, 0.3) is 5.91 Å². The molecule has 0 bridgehead atoms. The molecule has 0 aliphatic carbocycles. The minimum atomic E-state index is -4.76. The van der Waals surface area contributed by atoms with Gasteiger partial charge in [0.05, 0.1) is 28.9 Å². The van der Waals surface area contributed by atoms with Gasteiger partial charge in [-0.1, -0.05) is 29.8 Å². The number of hydrogen-bond acceptors (Lipinski definition) is 5. The predicted molar refractivity (Wildman–Crippen MR) is 148 cm³/mol. The summed E-state index contributed by atoms with van der Waals surface area (Å²) in [5, 5.41) is 6.40. The van der Waals surface area contributed by atoms with Gasteiger partial charge in [0.1, 0.15) is 11.3 Å². The SMILES string of the molecule is CCn1cc(-c2cccc([C@H](NC(=O)c3nccc(C(F)(F)F)c3Cl)[C@@H]3CCCCN3C(=O)OC(C)(C)C)c2)cn1. The molecule has 3 aromatic rings. The van der Waals surface area contributed by atoms with Crippen molar-refractivity contribution < 1.29 is 27.5 Å². The van der Waals surface area contributed by atoms with Crippen molar-refractivity contribution in [3.63, 3.8) is 0 Å². The van der Waals surface area contributed by atoms with E-state index in [4.69, 9.17) is 16.3 Å². The van der Waals surface area contributed by atoms with Crippen molar-refractivity contribution in [3.05, 3.63) is 70.8 Å². The average Bonchev–Trinajstić information content (AvgIpc) is 3.40. The molecule has 1 aliphatic rings. The van der Waals surface area contributed by atoms with Gasteiger partial charge >= 0.3 is 12.3 Å². The summed E-state index contributed by atoms with van der Waals surface area (Å²) in [4.78, 5) is 32.2. The predicted octanol–water partition coefficient (Wildman–Crippen LogP) is 6.90. The molecule has 0 spiro atoms. The zero-order chi connectivity index (χ0) is 29.9. The van der Waals surface area contributed by atoms with Gasteiger partial charge in [0.2, 0.25) is 0 Å². The molecule has 0 saturated carbocycles. The molecule has 1 aliphatic heterocycles. The highest BCUT2D eigenvalue weighted by Crippen LogP contribution is 2.37. The van der Waals surface area contributed by atoms with Crippen LogP contribution in [0.15, 0.2) is 48.9 Å². The maximum Gasteiger partial charge on any atom is 0.417 e. The van der Waals surface area contributed by atoms with Crippen LogP contribution in [0.5, 0.6) is 0 Å². The van der Waals surface area contributed by atoms with Gasteiger partial charge in [-0.3, -0.25) is 9.48 Å². The van der Waals surface area contributed by atoms with E-state index < -0.39 is 52.1 Å². The lowest BCUT2D eigenvalue weighted by Gasteiger charge is -2.41. The summed E-state index contributed by atoms with van der Waals surface area (Å²) in [6.45, 7) is 8.37. The summed E-state index contributed by atoms with van der Waals surface area (Å²) >= 11 is 6.04. The van der Waals surface area contributed by atoms with Gasteiger partial charge in [0.15, 0.2) is 0 Å². The molecule has 1 saturated heterocycles. The number of halogens is 4. The number of benzene rings is 1. The Morgan fingerprint density at radius 3 is 2.59 bits per heavy atom. The van der Waals surface area contributed by atoms with Gasteiger partial charge < -0.3 is 15.0 Å². The summed E-state index contributed by atoms with van der Waals surface area (Å²) in [5.74, 6) is -0.884. The number of likely N-dealkylation sites (tertiary alicyclic amines) is 1. The van der Waals surface area contributed by atoms with E-state index in [0.29, 0.717) is 25.1 Å². The zero-order valence-electron chi connectivity index (χ0n) is 23.3. The Bertz CT molecular complexity index is 1400. The fourth-order valence-electron chi connectivity index (χ4n) is 4.88. The highest BCUT2D eigenvalue weighted by molar-refractivity contribution is 6.34.